The van der Waals surface area contributed by atoms with E-state index in [4.69, 9.17) is 18.9 Å². The number of hydrogen-bond acceptors (Lipinski definition) is 15. The number of piperidine rings is 1. The number of fused-ring (bicyclic) bond motifs is 5. The number of rotatable bonds is 6. The van der Waals surface area contributed by atoms with Gasteiger partial charge >= 0.3 is 0 Å². The number of likely N-dealkylation sites (tertiary alicyclic amines) is 1. The van der Waals surface area contributed by atoms with Crippen LogP contribution in [0.1, 0.15) is 94.7 Å². The second kappa shape index (κ2) is 13.3. The molecule has 2 heterocycles. The fraction of sp³-hybridized carbons (Fsp3) is 0.500. The molecule has 6 N–H and O–H groups in total. The Labute approximate surface area is 309 Å². The Morgan fingerprint density at radius 2 is 1.59 bits per heavy atom. The van der Waals surface area contributed by atoms with Crippen LogP contribution in [0.3, 0.4) is 0 Å². The van der Waals surface area contributed by atoms with Gasteiger partial charge in [-0.2, -0.15) is 0 Å². The Hall–Kier alpha value is -4.55. The van der Waals surface area contributed by atoms with E-state index in [0.717, 1.165) is 38.5 Å². The Morgan fingerprint density at radius 1 is 0.926 bits per heavy atom. The van der Waals surface area contributed by atoms with E-state index in [1.165, 1.54) is 20.3 Å². The summed E-state index contributed by atoms with van der Waals surface area (Å²) in [7, 11) is 3.64. The van der Waals surface area contributed by atoms with Crippen molar-refractivity contribution in [2.24, 2.45) is 0 Å². The molecule has 54 heavy (non-hydrogen) atoms. The number of aliphatic hydroxyl groups excluding tert-OH is 2. The highest BCUT2D eigenvalue weighted by atomic mass is 16.6. The molecule has 0 unspecified atom stereocenters. The summed E-state index contributed by atoms with van der Waals surface area (Å²) in [6.07, 6.45) is -4.05. The lowest BCUT2D eigenvalue weighted by Crippen LogP contribution is -2.73. The maximum Gasteiger partial charge on any atom is 0.257 e. The molecule has 16 nitrogen and oxygen atoms in total. The van der Waals surface area contributed by atoms with Crippen molar-refractivity contribution in [2.45, 2.75) is 87.5 Å². The number of aryl methyl sites for hydroxylation is 1. The van der Waals surface area contributed by atoms with Gasteiger partial charge in [-0.05, 0) is 50.3 Å². The molecule has 3 aliphatic carbocycles. The number of benzene rings is 2. The minimum absolute atomic E-state index is 0.0580. The number of hydrogen-bond donors (Lipinski definition) is 6. The number of amides is 1. The van der Waals surface area contributed by atoms with Gasteiger partial charge in [0, 0.05) is 63.6 Å². The molecule has 0 saturated carbocycles. The van der Waals surface area contributed by atoms with E-state index in [2.05, 4.69) is 5.32 Å². The first-order valence-electron chi connectivity index (χ1n) is 17.7. The minimum Gasteiger partial charge on any atom is -0.507 e. The molecule has 2 fully saturated rings. The predicted octanol–water partition coefficient (Wildman–Crippen LogP) is 0.590. The number of methoxy groups -OCH3 is 3. The van der Waals surface area contributed by atoms with Crippen LogP contribution in [-0.4, -0.2) is 136 Å². The van der Waals surface area contributed by atoms with Gasteiger partial charge in [0.25, 0.3) is 5.91 Å². The van der Waals surface area contributed by atoms with Crippen LogP contribution >= 0.6 is 0 Å². The average Bonchev–Trinajstić information content (AvgIpc) is 3.13. The number of aliphatic hydroxyl groups is 3. The van der Waals surface area contributed by atoms with Crippen LogP contribution in [0.4, 0.5) is 0 Å². The maximum atomic E-state index is 14.8. The van der Waals surface area contributed by atoms with Gasteiger partial charge in [-0.15, -0.1) is 0 Å². The third-order valence-corrected chi connectivity index (χ3v) is 11.6. The number of ketones is 4. The first-order chi connectivity index (χ1) is 25.6. The van der Waals surface area contributed by atoms with Crippen LogP contribution in [0.25, 0.3) is 0 Å². The second-order valence-electron chi connectivity index (χ2n) is 14.5. The first kappa shape index (κ1) is 37.8. The fourth-order valence-electron chi connectivity index (χ4n) is 9.01. The molecule has 0 radical (unpaired) electrons. The summed E-state index contributed by atoms with van der Waals surface area (Å²) >= 11 is 0. The number of allylic oxidation sites excluding steroid dienone is 2. The van der Waals surface area contributed by atoms with Crippen molar-refractivity contribution in [1.82, 2.24) is 10.2 Å². The molecule has 2 aliphatic heterocycles. The molecule has 1 amide bonds. The largest absolute Gasteiger partial charge is 0.507 e. The van der Waals surface area contributed by atoms with Crippen molar-refractivity contribution < 1.29 is 68.5 Å². The normalized spacial score (nSPS) is 32.0. The number of carbonyl (C=O) groups is 5. The van der Waals surface area contributed by atoms with Gasteiger partial charge in [-0.3, -0.25) is 24.0 Å². The van der Waals surface area contributed by atoms with E-state index < -0.39 is 123 Å². The lowest BCUT2D eigenvalue weighted by Gasteiger charge is -2.53. The van der Waals surface area contributed by atoms with E-state index in [-0.39, 0.29) is 16.8 Å². The van der Waals surface area contributed by atoms with Crippen molar-refractivity contribution in [1.29, 1.82) is 0 Å². The van der Waals surface area contributed by atoms with Crippen LogP contribution in [-0.2, 0) is 31.0 Å². The van der Waals surface area contributed by atoms with Crippen molar-refractivity contribution in [3.05, 3.63) is 68.4 Å². The highest BCUT2D eigenvalue weighted by Crippen LogP contribution is 2.56. The van der Waals surface area contributed by atoms with E-state index in [0.29, 0.717) is 18.7 Å². The number of ether oxygens (including phenoxy) is 4. The second-order valence-corrected chi connectivity index (χ2v) is 14.5. The number of Topliss-reactive ketones (excluding diaryl/α,β-unsaturated/α-hetero) is 3. The lowest BCUT2D eigenvalue weighted by atomic mass is 9.56. The van der Waals surface area contributed by atoms with Gasteiger partial charge in [-0.25, -0.2) is 0 Å². The standard InChI is InChI=1S/C38H42N2O14/c1-15-11-17-12-22(42)38(53-5)34(48)25-19(33(47)37(38,50)26(17)29(45)23(15)36(49)40-9-7-6-8-10-40)13-18-24(28(25)44)21(41)14-20(27(18)43)39-35-32(52-4)30(46)31(51-3)16(2)54-35/h11,13-14,16,22,30-32,35,39,42,44-46,50H,6-10,12H2,1-5H3/t16-,22+,30+,31-,32+,35-,37-,38+/m0/s1. The van der Waals surface area contributed by atoms with Gasteiger partial charge in [0.15, 0.2) is 23.2 Å². The Bertz CT molecular complexity index is 2040. The van der Waals surface area contributed by atoms with Crippen LogP contribution in [0.2, 0.25) is 0 Å². The average molecular weight is 751 g/mol. The topological polar surface area (TPSA) is 239 Å². The molecule has 2 aromatic rings. The number of nitrogens with one attached hydrogen (secondary N) is 1. The first-order valence-corrected chi connectivity index (χ1v) is 17.7. The van der Waals surface area contributed by atoms with Crippen molar-refractivity contribution in [2.75, 3.05) is 34.4 Å². The van der Waals surface area contributed by atoms with Gasteiger partial charge in [-0.1, -0.05) is 6.07 Å². The molecule has 16 heteroatoms. The highest BCUT2D eigenvalue weighted by molar-refractivity contribution is 6.31. The zero-order valence-corrected chi connectivity index (χ0v) is 30.3. The van der Waals surface area contributed by atoms with Gasteiger partial charge in [0.2, 0.25) is 17.3 Å². The maximum absolute atomic E-state index is 14.8. The van der Waals surface area contributed by atoms with Crippen LogP contribution in [0.5, 0.6) is 11.5 Å². The number of phenols is 2. The number of phenolic OH excluding ortho intramolecular Hbond substituents is 2. The molecule has 7 rings (SSSR count). The third kappa shape index (κ3) is 4.98. The van der Waals surface area contributed by atoms with Crippen molar-refractivity contribution in [3.63, 3.8) is 0 Å². The highest BCUT2D eigenvalue weighted by Gasteiger charge is 2.72. The molecular weight excluding hydrogens is 708 g/mol. The number of nitrogens with zero attached hydrogens (tertiary/aromatic N) is 1. The van der Waals surface area contributed by atoms with E-state index in [9.17, 15) is 49.5 Å². The summed E-state index contributed by atoms with van der Waals surface area (Å²) in [5.41, 5.74) is -9.43. The van der Waals surface area contributed by atoms with Gasteiger partial charge in [0.05, 0.1) is 34.6 Å². The summed E-state index contributed by atoms with van der Waals surface area (Å²) in [5, 5.41) is 61.4. The minimum atomic E-state index is -3.20. The monoisotopic (exact) mass is 750 g/mol. The molecule has 5 aliphatic rings. The van der Waals surface area contributed by atoms with E-state index >= 15 is 0 Å². The summed E-state index contributed by atoms with van der Waals surface area (Å²) in [6, 6.07) is 2.33. The summed E-state index contributed by atoms with van der Waals surface area (Å²) in [6.45, 7) is 4.02. The summed E-state index contributed by atoms with van der Waals surface area (Å²) in [4.78, 5) is 72.5. The molecule has 2 saturated heterocycles. The summed E-state index contributed by atoms with van der Waals surface area (Å²) < 4.78 is 22.2. The zero-order chi connectivity index (χ0) is 39.2. The lowest BCUT2D eigenvalue weighted by molar-refractivity contribution is -0.236. The zero-order valence-electron chi connectivity index (χ0n) is 30.3. The Kier molecular flexibility index (Phi) is 9.32. The van der Waals surface area contributed by atoms with Crippen molar-refractivity contribution >= 4 is 29.0 Å². The summed E-state index contributed by atoms with van der Waals surface area (Å²) in [5.74, 6) is -6.92. The van der Waals surface area contributed by atoms with E-state index in [1.54, 1.807) is 18.7 Å². The molecule has 8 atom stereocenters. The van der Waals surface area contributed by atoms with Gasteiger partial charge in [0.1, 0.15) is 29.8 Å². The Balaban J connectivity index is 1.36. The SMILES string of the molecule is CO[C@@H]1[C@@H](O)[C@@H](OC)[C@@H](NC2=CC(=O)c3c(cc4c(c3O)C(=O)[C@]3(OC)[C@H](O)Cc5cc(C)c(C(=O)N6CCCCC6)c(O)c5[C@]3(O)C4=O)C2=O)O[C@H]1C. The third-order valence-electron chi connectivity index (χ3n) is 11.6. The van der Waals surface area contributed by atoms with Crippen LogP contribution < -0.4 is 5.32 Å². The molecule has 288 valence electrons. The number of aromatic hydroxyl groups is 2. The molecule has 0 aromatic heterocycles. The molecule has 2 aromatic carbocycles. The van der Waals surface area contributed by atoms with Crippen molar-refractivity contribution in [3.8, 4) is 11.5 Å². The van der Waals surface area contributed by atoms with E-state index in [1.807, 2.05) is 0 Å². The fourth-order valence-corrected chi connectivity index (χ4v) is 9.01. The van der Waals surface area contributed by atoms with Crippen LogP contribution in [0.15, 0.2) is 23.9 Å². The van der Waals surface area contributed by atoms with Gasteiger partial charge < -0.3 is 54.7 Å². The van der Waals surface area contributed by atoms with Crippen LogP contribution in [0, 0.1) is 6.92 Å². The predicted molar refractivity (Wildman–Crippen MR) is 185 cm³/mol. The smallest absolute Gasteiger partial charge is 0.257 e. The number of carbonyl (C=O) groups excluding carboxylic acids is 5. The Morgan fingerprint density at radius 3 is 2.22 bits per heavy atom. The molecule has 0 spiro atoms. The quantitative estimate of drug-likeness (QED) is 0.237. The molecule has 0 bridgehead atoms. The molecular formula is C38H42N2O14.